The fourth-order valence-corrected chi connectivity index (χ4v) is 4.36. The van der Waals surface area contributed by atoms with Crippen molar-refractivity contribution in [3.63, 3.8) is 0 Å². The first kappa shape index (κ1) is 21.0. The van der Waals surface area contributed by atoms with Gasteiger partial charge in [-0.05, 0) is 42.0 Å². The SMILES string of the molecule is CC(C)C[C@@H](NC(=O)[C@@H](C(C)C)N1Cc2ccccc2C1=O)c1nnc2ccccn12. The number of nitrogens with zero attached hydrogens (tertiary/aromatic N) is 4. The van der Waals surface area contributed by atoms with Gasteiger partial charge in [0.15, 0.2) is 11.5 Å². The van der Waals surface area contributed by atoms with Gasteiger partial charge < -0.3 is 10.2 Å². The molecule has 7 heteroatoms. The molecule has 0 unspecified atom stereocenters. The number of carbonyl (C=O) groups is 2. The molecule has 3 aromatic rings. The zero-order chi connectivity index (χ0) is 22.1. The number of rotatable bonds is 7. The fourth-order valence-electron chi connectivity index (χ4n) is 4.36. The predicted molar refractivity (Wildman–Crippen MR) is 118 cm³/mol. The van der Waals surface area contributed by atoms with E-state index in [1.54, 1.807) is 4.90 Å². The van der Waals surface area contributed by atoms with E-state index in [9.17, 15) is 9.59 Å². The first-order valence-corrected chi connectivity index (χ1v) is 10.9. The maximum absolute atomic E-state index is 13.5. The zero-order valence-electron chi connectivity index (χ0n) is 18.4. The molecule has 0 fully saturated rings. The van der Waals surface area contributed by atoms with Crippen LogP contribution >= 0.6 is 0 Å². The number of fused-ring (bicyclic) bond motifs is 2. The minimum absolute atomic E-state index is 0.0342. The van der Waals surface area contributed by atoms with Gasteiger partial charge in [0, 0.05) is 18.3 Å². The number of hydrogen-bond donors (Lipinski definition) is 1. The van der Waals surface area contributed by atoms with Gasteiger partial charge in [0.25, 0.3) is 5.91 Å². The second-order valence-corrected chi connectivity index (χ2v) is 8.96. The highest BCUT2D eigenvalue weighted by Crippen LogP contribution is 2.28. The topological polar surface area (TPSA) is 79.6 Å². The lowest BCUT2D eigenvalue weighted by atomic mass is 9.99. The lowest BCUT2D eigenvalue weighted by Gasteiger charge is -2.31. The van der Waals surface area contributed by atoms with Crippen molar-refractivity contribution in [1.82, 2.24) is 24.8 Å². The Bertz CT molecular complexity index is 1100. The van der Waals surface area contributed by atoms with E-state index in [1.807, 2.05) is 66.9 Å². The highest BCUT2D eigenvalue weighted by Gasteiger charge is 2.39. The van der Waals surface area contributed by atoms with Gasteiger partial charge in [-0.25, -0.2) is 0 Å². The summed E-state index contributed by atoms with van der Waals surface area (Å²) in [6, 6.07) is 12.4. The number of amides is 2. The van der Waals surface area contributed by atoms with Gasteiger partial charge >= 0.3 is 0 Å². The van der Waals surface area contributed by atoms with Crippen LogP contribution in [0.2, 0.25) is 0 Å². The molecule has 4 rings (SSSR count). The van der Waals surface area contributed by atoms with Crippen LogP contribution in [0.5, 0.6) is 0 Å². The molecule has 0 radical (unpaired) electrons. The van der Waals surface area contributed by atoms with Crippen LogP contribution in [0.4, 0.5) is 0 Å². The highest BCUT2D eigenvalue weighted by molar-refractivity contribution is 6.01. The average molecular weight is 420 g/mol. The Hall–Kier alpha value is -3.22. The number of hydrogen-bond acceptors (Lipinski definition) is 4. The third kappa shape index (κ3) is 4.04. The van der Waals surface area contributed by atoms with Gasteiger partial charge in [0.2, 0.25) is 5.91 Å². The van der Waals surface area contributed by atoms with Crippen LogP contribution in [0.3, 0.4) is 0 Å². The number of carbonyl (C=O) groups excluding carboxylic acids is 2. The van der Waals surface area contributed by atoms with Crippen molar-refractivity contribution in [1.29, 1.82) is 0 Å². The van der Waals surface area contributed by atoms with Crippen LogP contribution < -0.4 is 5.32 Å². The van der Waals surface area contributed by atoms with E-state index < -0.39 is 6.04 Å². The number of nitrogens with one attached hydrogen (secondary N) is 1. The molecule has 0 saturated carbocycles. The molecule has 1 N–H and O–H groups in total. The van der Waals surface area contributed by atoms with Gasteiger partial charge in [0.1, 0.15) is 6.04 Å². The first-order valence-electron chi connectivity index (χ1n) is 10.9. The van der Waals surface area contributed by atoms with Crippen molar-refractivity contribution < 1.29 is 9.59 Å². The molecule has 0 aliphatic carbocycles. The Morgan fingerprint density at radius 1 is 1.06 bits per heavy atom. The smallest absolute Gasteiger partial charge is 0.255 e. The van der Waals surface area contributed by atoms with Crippen LogP contribution in [0, 0.1) is 11.8 Å². The molecule has 2 aromatic heterocycles. The molecule has 0 spiro atoms. The second-order valence-electron chi connectivity index (χ2n) is 8.96. The lowest BCUT2D eigenvalue weighted by molar-refractivity contribution is -0.128. The largest absolute Gasteiger partial charge is 0.344 e. The summed E-state index contributed by atoms with van der Waals surface area (Å²) in [6.45, 7) is 8.63. The third-order valence-electron chi connectivity index (χ3n) is 5.76. The van der Waals surface area contributed by atoms with Crippen molar-refractivity contribution in [3.8, 4) is 0 Å². The minimum atomic E-state index is -0.561. The molecule has 7 nitrogen and oxygen atoms in total. The molecule has 2 amide bonds. The van der Waals surface area contributed by atoms with Gasteiger partial charge in [-0.2, -0.15) is 0 Å². The van der Waals surface area contributed by atoms with Crippen molar-refractivity contribution in [2.75, 3.05) is 0 Å². The Morgan fingerprint density at radius 2 is 1.81 bits per heavy atom. The summed E-state index contributed by atoms with van der Waals surface area (Å²) in [5.74, 6) is 0.771. The van der Waals surface area contributed by atoms with Crippen LogP contribution in [0.1, 0.15) is 61.9 Å². The number of aromatic nitrogens is 3. The molecule has 0 saturated heterocycles. The third-order valence-corrected chi connectivity index (χ3v) is 5.76. The summed E-state index contributed by atoms with van der Waals surface area (Å²) < 4.78 is 1.91. The van der Waals surface area contributed by atoms with Crippen LogP contribution in [-0.4, -0.2) is 37.4 Å². The fraction of sp³-hybridized carbons (Fsp3) is 0.417. The van der Waals surface area contributed by atoms with Crippen molar-refractivity contribution >= 4 is 17.5 Å². The summed E-state index contributed by atoms with van der Waals surface area (Å²) in [4.78, 5) is 28.3. The monoisotopic (exact) mass is 419 g/mol. The number of benzene rings is 1. The summed E-state index contributed by atoms with van der Waals surface area (Å²) in [6.07, 6.45) is 2.63. The highest BCUT2D eigenvalue weighted by atomic mass is 16.2. The molecule has 2 atom stereocenters. The normalized spacial score (nSPS) is 15.5. The summed E-state index contributed by atoms with van der Waals surface area (Å²) in [7, 11) is 0. The zero-order valence-corrected chi connectivity index (χ0v) is 18.4. The molecule has 0 bridgehead atoms. The minimum Gasteiger partial charge on any atom is -0.344 e. The van der Waals surface area contributed by atoms with Crippen LogP contribution in [-0.2, 0) is 11.3 Å². The standard InChI is InChI=1S/C24H29N5O2/c1-15(2)13-19(22-27-26-20-11-7-8-12-28(20)22)25-23(30)21(16(3)4)29-14-17-9-5-6-10-18(17)24(29)31/h5-12,15-16,19,21H,13-14H2,1-4H3,(H,25,30)/t19-,21-/m1/s1. The molecule has 3 heterocycles. The molecular weight excluding hydrogens is 390 g/mol. The maximum Gasteiger partial charge on any atom is 0.255 e. The Morgan fingerprint density at radius 3 is 2.52 bits per heavy atom. The van der Waals surface area contributed by atoms with Gasteiger partial charge in [-0.3, -0.25) is 14.0 Å². The van der Waals surface area contributed by atoms with Gasteiger partial charge in [-0.15, -0.1) is 10.2 Å². The Kier molecular flexibility index (Phi) is 5.76. The van der Waals surface area contributed by atoms with Crippen molar-refractivity contribution in [2.45, 2.75) is 52.7 Å². The Balaban J connectivity index is 1.62. The van der Waals surface area contributed by atoms with E-state index in [0.717, 1.165) is 17.6 Å². The van der Waals surface area contributed by atoms with Gasteiger partial charge in [-0.1, -0.05) is 52.0 Å². The number of pyridine rings is 1. The average Bonchev–Trinajstić information content (AvgIpc) is 3.29. The lowest BCUT2D eigenvalue weighted by Crippen LogP contribution is -2.51. The molecule has 31 heavy (non-hydrogen) atoms. The van der Waals surface area contributed by atoms with Crippen LogP contribution in [0.15, 0.2) is 48.7 Å². The predicted octanol–water partition coefficient (Wildman–Crippen LogP) is 3.61. The second kappa shape index (κ2) is 8.49. The van der Waals surface area contributed by atoms with E-state index in [-0.39, 0.29) is 23.8 Å². The van der Waals surface area contributed by atoms with E-state index in [0.29, 0.717) is 23.9 Å². The summed E-state index contributed by atoms with van der Waals surface area (Å²) in [5.41, 5.74) is 2.39. The Labute approximate surface area is 182 Å². The first-order chi connectivity index (χ1) is 14.9. The molecule has 1 aliphatic rings. The van der Waals surface area contributed by atoms with Crippen molar-refractivity contribution in [3.05, 3.63) is 65.6 Å². The molecule has 162 valence electrons. The van der Waals surface area contributed by atoms with E-state index in [2.05, 4.69) is 29.4 Å². The van der Waals surface area contributed by atoms with Crippen molar-refractivity contribution in [2.24, 2.45) is 11.8 Å². The summed E-state index contributed by atoms with van der Waals surface area (Å²) in [5, 5.41) is 11.8. The summed E-state index contributed by atoms with van der Waals surface area (Å²) >= 11 is 0. The van der Waals surface area contributed by atoms with E-state index in [1.165, 1.54) is 0 Å². The quantitative estimate of drug-likeness (QED) is 0.634. The molecular formula is C24H29N5O2. The van der Waals surface area contributed by atoms with E-state index in [4.69, 9.17) is 0 Å². The van der Waals surface area contributed by atoms with Gasteiger partial charge in [0.05, 0.1) is 6.04 Å². The molecule has 1 aromatic carbocycles. The molecule has 1 aliphatic heterocycles. The van der Waals surface area contributed by atoms with E-state index >= 15 is 0 Å². The maximum atomic E-state index is 13.5. The van der Waals surface area contributed by atoms with Crippen LogP contribution in [0.25, 0.3) is 5.65 Å².